The average Bonchev–Trinajstić information content (AvgIpc) is 2.05. The first-order valence-electron chi connectivity index (χ1n) is 4.29. The topological polar surface area (TPSA) is 51.8 Å². The van der Waals surface area contributed by atoms with Gasteiger partial charge >= 0.3 is 0 Å². The maximum Gasteiger partial charge on any atom is 0.125 e. The summed E-state index contributed by atoms with van der Waals surface area (Å²) in [5.41, 5.74) is 6.83. The van der Waals surface area contributed by atoms with E-state index in [9.17, 15) is 0 Å². The van der Waals surface area contributed by atoms with Gasteiger partial charge in [-0.1, -0.05) is 13.3 Å². The summed E-state index contributed by atoms with van der Waals surface area (Å²) in [6.45, 7) is 4.00. The van der Waals surface area contributed by atoms with E-state index in [0.29, 0.717) is 0 Å². The van der Waals surface area contributed by atoms with E-state index in [1.165, 1.54) is 0 Å². The Bertz CT molecular complexity index is 247. The van der Waals surface area contributed by atoms with Gasteiger partial charge in [0.15, 0.2) is 0 Å². The van der Waals surface area contributed by atoms with Crippen LogP contribution in [-0.2, 0) is 0 Å². The van der Waals surface area contributed by atoms with Crippen molar-refractivity contribution in [2.24, 2.45) is 5.73 Å². The molecule has 0 unspecified atom stereocenters. The van der Waals surface area contributed by atoms with Gasteiger partial charge in [-0.25, -0.2) is 9.97 Å². The molecule has 0 amide bonds. The van der Waals surface area contributed by atoms with Crippen molar-refractivity contribution in [3.8, 4) is 0 Å². The molecule has 0 saturated heterocycles. The van der Waals surface area contributed by atoms with Gasteiger partial charge in [-0.15, -0.1) is 0 Å². The van der Waals surface area contributed by atoms with E-state index in [-0.39, 0.29) is 6.04 Å². The number of rotatable bonds is 3. The van der Waals surface area contributed by atoms with Crippen LogP contribution in [0.3, 0.4) is 0 Å². The van der Waals surface area contributed by atoms with Crippen LogP contribution in [0.1, 0.15) is 37.3 Å². The van der Waals surface area contributed by atoms with Gasteiger partial charge in [0.2, 0.25) is 0 Å². The van der Waals surface area contributed by atoms with Crippen LogP contribution in [0.2, 0.25) is 0 Å². The smallest absolute Gasteiger partial charge is 0.125 e. The van der Waals surface area contributed by atoms with Crippen molar-refractivity contribution < 1.29 is 0 Å². The Morgan fingerprint density at radius 2 is 2.33 bits per heavy atom. The SMILES string of the molecule is CCC[C@@H](N)c1ccnc(C)n1. The molecule has 66 valence electrons. The minimum Gasteiger partial charge on any atom is -0.323 e. The van der Waals surface area contributed by atoms with Crippen molar-refractivity contribution in [3.05, 3.63) is 23.8 Å². The van der Waals surface area contributed by atoms with Gasteiger partial charge in [0.1, 0.15) is 5.82 Å². The van der Waals surface area contributed by atoms with Crippen LogP contribution in [-0.4, -0.2) is 9.97 Å². The number of nitrogens with two attached hydrogens (primary N) is 1. The number of hydrogen-bond acceptors (Lipinski definition) is 3. The molecule has 0 aromatic carbocycles. The predicted octanol–water partition coefficient (Wildman–Crippen LogP) is 1.58. The Morgan fingerprint density at radius 3 is 2.92 bits per heavy atom. The Kier molecular flexibility index (Phi) is 3.17. The van der Waals surface area contributed by atoms with Crippen LogP contribution in [0.5, 0.6) is 0 Å². The predicted molar refractivity (Wildman–Crippen MR) is 48.6 cm³/mol. The zero-order valence-electron chi connectivity index (χ0n) is 7.62. The van der Waals surface area contributed by atoms with Gasteiger partial charge in [0.25, 0.3) is 0 Å². The second-order valence-corrected chi connectivity index (χ2v) is 2.92. The fourth-order valence-electron chi connectivity index (χ4n) is 1.14. The van der Waals surface area contributed by atoms with E-state index < -0.39 is 0 Å². The first-order chi connectivity index (χ1) is 5.74. The third-order valence-electron chi connectivity index (χ3n) is 1.78. The third-order valence-corrected chi connectivity index (χ3v) is 1.78. The lowest BCUT2D eigenvalue weighted by molar-refractivity contribution is 0.617. The van der Waals surface area contributed by atoms with Gasteiger partial charge in [-0.05, 0) is 19.4 Å². The lowest BCUT2D eigenvalue weighted by Gasteiger charge is -2.08. The highest BCUT2D eigenvalue weighted by Gasteiger charge is 2.05. The van der Waals surface area contributed by atoms with Crippen molar-refractivity contribution in [1.29, 1.82) is 0 Å². The summed E-state index contributed by atoms with van der Waals surface area (Å²) in [7, 11) is 0. The molecule has 0 aliphatic heterocycles. The molecule has 0 saturated carbocycles. The van der Waals surface area contributed by atoms with Crippen molar-refractivity contribution in [1.82, 2.24) is 9.97 Å². The summed E-state index contributed by atoms with van der Waals surface area (Å²) in [5.74, 6) is 0.791. The van der Waals surface area contributed by atoms with Crippen LogP contribution in [0.4, 0.5) is 0 Å². The second kappa shape index (κ2) is 4.16. The van der Waals surface area contributed by atoms with Crippen LogP contribution in [0.15, 0.2) is 12.3 Å². The molecule has 1 aromatic rings. The molecule has 0 radical (unpaired) electrons. The fourth-order valence-corrected chi connectivity index (χ4v) is 1.14. The molecular formula is C9H15N3. The fraction of sp³-hybridized carbons (Fsp3) is 0.556. The normalized spacial score (nSPS) is 12.9. The molecule has 12 heavy (non-hydrogen) atoms. The van der Waals surface area contributed by atoms with Crippen LogP contribution < -0.4 is 5.73 Å². The van der Waals surface area contributed by atoms with Crippen LogP contribution >= 0.6 is 0 Å². The molecule has 3 heteroatoms. The molecule has 0 fully saturated rings. The summed E-state index contributed by atoms with van der Waals surface area (Å²) < 4.78 is 0. The van der Waals surface area contributed by atoms with Gasteiger partial charge in [-0.2, -0.15) is 0 Å². The molecular weight excluding hydrogens is 150 g/mol. The van der Waals surface area contributed by atoms with E-state index in [0.717, 1.165) is 24.4 Å². The maximum atomic E-state index is 5.88. The second-order valence-electron chi connectivity index (χ2n) is 2.92. The largest absolute Gasteiger partial charge is 0.323 e. The Morgan fingerprint density at radius 1 is 1.58 bits per heavy atom. The van der Waals surface area contributed by atoms with Gasteiger partial charge in [0, 0.05) is 12.2 Å². The zero-order chi connectivity index (χ0) is 8.97. The number of nitrogens with zero attached hydrogens (tertiary/aromatic N) is 2. The molecule has 1 rings (SSSR count). The molecule has 0 spiro atoms. The average molecular weight is 165 g/mol. The van der Waals surface area contributed by atoms with Crippen molar-refractivity contribution in [3.63, 3.8) is 0 Å². The highest BCUT2D eigenvalue weighted by atomic mass is 14.9. The van der Waals surface area contributed by atoms with Crippen LogP contribution in [0.25, 0.3) is 0 Å². The maximum absolute atomic E-state index is 5.88. The highest BCUT2D eigenvalue weighted by Crippen LogP contribution is 2.11. The summed E-state index contributed by atoms with van der Waals surface area (Å²) >= 11 is 0. The van der Waals surface area contributed by atoms with E-state index >= 15 is 0 Å². The first kappa shape index (κ1) is 9.13. The van der Waals surface area contributed by atoms with E-state index in [1.807, 2.05) is 13.0 Å². The van der Waals surface area contributed by atoms with Gasteiger partial charge in [0.05, 0.1) is 5.69 Å². The summed E-state index contributed by atoms with van der Waals surface area (Å²) in [6, 6.07) is 1.95. The molecule has 0 aliphatic rings. The minimum absolute atomic E-state index is 0.0664. The quantitative estimate of drug-likeness (QED) is 0.739. The first-order valence-corrected chi connectivity index (χ1v) is 4.29. The standard InChI is InChI=1S/C9H15N3/c1-3-4-8(10)9-5-6-11-7(2)12-9/h5-6,8H,3-4,10H2,1-2H3/t8-/m1/s1. The van der Waals surface area contributed by atoms with Crippen LogP contribution in [0, 0.1) is 6.92 Å². The minimum atomic E-state index is 0.0664. The number of aromatic nitrogens is 2. The third kappa shape index (κ3) is 2.27. The lowest BCUT2D eigenvalue weighted by Crippen LogP contribution is -2.12. The molecule has 2 N–H and O–H groups in total. The zero-order valence-corrected chi connectivity index (χ0v) is 7.62. The monoisotopic (exact) mass is 165 g/mol. The Labute approximate surface area is 73.0 Å². The van der Waals surface area contributed by atoms with E-state index in [1.54, 1.807) is 6.20 Å². The Hall–Kier alpha value is -0.960. The number of hydrogen-bond donors (Lipinski definition) is 1. The Balaban J connectivity index is 2.73. The molecule has 3 nitrogen and oxygen atoms in total. The molecule has 0 aliphatic carbocycles. The molecule has 1 aromatic heterocycles. The van der Waals surface area contributed by atoms with E-state index in [2.05, 4.69) is 16.9 Å². The summed E-state index contributed by atoms with van der Waals surface area (Å²) in [6.07, 6.45) is 3.83. The van der Waals surface area contributed by atoms with Gasteiger partial charge in [-0.3, -0.25) is 0 Å². The highest BCUT2D eigenvalue weighted by molar-refractivity contribution is 5.06. The molecule has 1 heterocycles. The van der Waals surface area contributed by atoms with Crippen molar-refractivity contribution in [2.75, 3.05) is 0 Å². The lowest BCUT2D eigenvalue weighted by atomic mass is 10.1. The van der Waals surface area contributed by atoms with Gasteiger partial charge < -0.3 is 5.73 Å². The van der Waals surface area contributed by atoms with Crippen molar-refractivity contribution >= 4 is 0 Å². The summed E-state index contributed by atoms with van der Waals surface area (Å²) in [4.78, 5) is 8.27. The van der Waals surface area contributed by atoms with Crippen molar-refractivity contribution in [2.45, 2.75) is 32.7 Å². The number of aryl methyl sites for hydroxylation is 1. The molecule has 1 atom stereocenters. The van der Waals surface area contributed by atoms with E-state index in [4.69, 9.17) is 5.73 Å². The summed E-state index contributed by atoms with van der Waals surface area (Å²) in [5, 5.41) is 0. The molecule has 0 bridgehead atoms.